The van der Waals surface area contributed by atoms with Gasteiger partial charge in [-0.1, -0.05) is 17.7 Å². The van der Waals surface area contributed by atoms with Crippen molar-refractivity contribution in [2.75, 3.05) is 18.7 Å². The maximum absolute atomic E-state index is 12.6. The number of ether oxygens (including phenoxy) is 2. The summed E-state index contributed by atoms with van der Waals surface area (Å²) in [5, 5.41) is 6.23. The summed E-state index contributed by atoms with van der Waals surface area (Å²) in [4.78, 5) is 21.3. The molecule has 0 saturated heterocycles. The number of anilines is 1. The van der Waals surface area contributed by atoms with Crippen LogP contribution < -0.4 is 20.1 Å². The molecule has 0 saturated carbocycles. The van der Waals surface area contributed by atoms with E-state index in [0.29, 0.717) is 29.6 Å². The minimum Gasteiger partial charge on any atom is -0.454 e. The summed E-state index contributed by atoms with van der Waals surface area (Å²) in [5.41, 5.74) is 2.81. The highest BCUT2D eigenvalue weighted by atomic mass is 16.7. The number of carbonyl (C=O) groups is 1. The molecule has 29 heavy (non-hydrogen) atoms. The summed E-state index contributed by atoms with van der Waals surface area (Å²) in [6, 6.07) is 7.34. The highest BCUT2D eigenvalue weighted by Gasteiger charge is 2.15. The number of amides is 1. The summed E-state index contributed by atoms with van der Waals surface area (Å²) in [5.74, 6) is 2.45. The van der Waals surface area contributed by atoms with Crippen molar-refractivity contribution in [1.29, 1.82) is 0 Å². The Labute approximate surface area is 170 Å². The average molecular weight is 394 g/mol. The van der Waals surface area contributed by atoms with E-state index in [1.54, 1.807) is 13.0 Å². The minimum absolute atomic E-state index is 0.230. The highest BCUT2D eigenvalue weighted by molar-refractivity contribution is 5.92. The summed E-state index contributed by atoms with van der Waals surface area (Å²) in [7, 11) is 0. The van der Waals surface area contributed by atoms with E-state index in [-0.39, 0.29) is 12.7 Å². The number of carbonyl (C=O) groups excluding carboxylic acids is 1. The minimum atomic E-state index is -0.230. The molecule has 2 aromatic rings. The maximum Gasteiger partial charge on any atom is 0.270 e. The Balaban J connectivity index is 1.33. The van der Waals surface area contributed by atoms with Gasteiger partial charge in [-0.25, -0.2) is 9.97 Å². The van der Waals surface area contributed by atoms with Crippen LogP contribution in [0.5, 0.6) is 11.5 Å². The molecule has 1 aliphatic carbocycles. The zero-order valence-electron chi connectivity index (χ0n) is 16.7. The molecule has 0 atom stereocenters. The molecule has 2 aliphatic rings. The zero-order chi connectivity index (χ0) is 20.1. The van der Waals surface area contributed by atoms with E-state index < -0.39 is 0 Å². The first-order chi connectivity index (χ1) is 14.2. The van der Waals surface area contributed by atoms with Gasteiger partial charge in [-0.05, 0) is 56.7 Å². The normalized spacial score (nSPS) is 15.0. The third-order valence-corrected chi connectivity index (χ3v) is 5.10. The van der Waals surface area contributed by atoms with E-state index in [0.717, 1.165) is 24.3 Å². The van der Waals surface area contributed by atoms with Gasteiger partial charge in [0.05, 0.1) is 0 Å². The van der Waals surface area contributed by atoms with Crippen molar-refractivity contribution in [3.8, 4) is 11.5 Å². The van der Waals surface area contributed by atoms with Crippen molar-refractivity contribution in [3.05, 3.63) is 53.0 Å². The first-order valence-corrected chi connectivity index (χ1v) is 10.1. The van der Waals surface area contributed by atoms with Crippen LogP contribution in [-0.2, 0) is 6.54 Å². The maximum atomic E-state index is 12.6. The highest BCUT2D eigenvalue weighted by Crippen LogP contribution is 2.32. The molecule has 4 rings (SSSR count). The Bertz CT molecular complexity index is 926. The van der Waals surface area contributed by atoms with Crippen LogP contribution in [0.3, 0.4) is 0 Å². The van der Waals surface area contributed by atoms with Crippen LogP contribution in [0.4, 0.5) is 5.82 Å². The Hall–Kier alpha value is -3.09. The molecule has 2 N–H and O–H groups in total. The van der Waals surface area contributed by atoms with Gasteiger partial charge in [0.2, 0.25) is 6.79 Å². The number of hydrogen-bond acceptors (Lipinski definition) is 6. The first kappa shape index (κ1) is 19.2. The largest absolute Gasteiger partial charge is 0.454 e. The van der Waals surface area contributed by atoms with Crippen LogP contribution in [-0.4, -0.2) is 29.2 Å². The fraction of sp³-hybridized carbons (Fsp3) is 0.409. The standard InChI is InChI=1S/C22H26N4O3/c1-15-25-18(12-21(26-15)23-10-9-16-5-3-2-4-6-16)22(27)24-13-17-7-8-19-20(11-17)29-14-28-19/h5,7-8,11-12H,2-4,6,9-10,13-14H2,1H3,(H,24,27)(H,23,25,26). The predicted molar refractivity (Wildman–Crippen MR) is 110 cm³/mol. The van der Waals surface area contributed by atoms with E-state index in [2.05, 4.69) is 26.7 Å². The SMILES string of the molecule is Cc1nc(NCCC2=CCCCC2)cc(C(=O)NCc2ccc3c(c2)OCO3)n1. The van der Waals surface area contributed by atoms with E-state index in [1.807, 2.05) is 18.2 Å². The molecular weight excluding hydrogens is 368 g/mol. The Morgan fingerprint density at radius 1 is 1.14 bits per heavy atom. The molecule has 0 radical (unpaired) electrons. The summed E-state index contributed by atoms with van der Waals surface area (Å²) >= 11 is 0. The van der Waals surface area contributed by atoms with Crippen LogP contribution in [0.15, 0.2) is 35.9 Å². The molecular formula is C22H26N4O3. The van der Waals surface area contributed by atoms with Gasteiger partial charge in [-0.2, -0.15) is 0 Å². The fourth-order valence-electron chi connectivity index (χ4n) is 3.58. The molecule has 0 unspecified atom stereocenters. The van der Waals surface area contributed by atoms with Crippen molar-refractivity contribution in [1.82, 2.24) is 15.3 Å². The van der Waals surface area contributed by atoms with E-state index in [9.17, 15) is 4.79 Å². The van der Waals surface area contributed by atoms with Crippen LogP contribution >= 0.6 is 0 Å². The molecule has 152 valence electrons. The summed E-state index contributed by atoms with van der Waals surface area (Å²) in [6.45, 7) is 3.22. The number of nitrogens with zero attached hydrogens (tertiary/aromatic N) is 2. The number of fused-ring (bicyclic) bond motifs is 1. The second-order valence-corrected chi connectivity index (χ2v) is 7.34. The Morgan fingerprint density at radius 3 is 2.90 bits per heavy atom. The van der Waals surface area contributed by atoms with Gasteiger partial charge in [-0.3, -0.25) is 4.79 Å². The third kappa shape index (κ3) is 5.04. The number of allylic oxidation sites excluding steroid dienone is 1. The third-order valence-electron chi connectivity index (χ3n) is 5.10. The molecule has 1 aromatic carbocycles. The van der Waals surface area contributed by atoms with Gasteiger partial charge in [-0.15, -0.1) is 0 Å². The Morgan fingerprint density at radius 2 is 2.03 bits per heavy atom. The van der Waals surface area contributed by atoms with Gasteiger partial charge < -0.3 is 20.1 Å². The van der Waals surface area contributed by atoms with Crippen LogP contribution in [0.25, 0.3) is 0 Å². The molecule has 0 bridgehead atoms. The van der Waals surface area contributed by atoms with E-state index in [1.165, 1.54) is 31.3 Å². The molecule has 7 heteroatoms. The molecule has 1 amide bonds. The number of rotatable bonds is 7. The lowest BCUT2D eigenvalue weighted by Crippen LogP contribution is -2.24. The topological polar surface area (TPSA) is 85.4 Å². The van der Waals surface area contributed by atoms with Gasteiger partial charge in [0, 0.05) is 19.2 Å². The number of benzene rings is 1. The van der Waals surface area contributed by atoms with Crippen LogP contribution in [0.2, 0.25) is 0 Å². The molecule has 0 spiro atoms. The van der Waals surface area contributed by atoms with E-state index >= 15 is 0 Å². The van der Waals surface area contributed by atoms with Gasteiger partial charge in [0.1, 0.15) is 17.3 Å². The quantitative estimate of drug-likeness (QED) is 0.696. The number of hydrogen-bond donors (Lipinski definition) is 2. The van der Waals surface area contributed by atoms with Crippen LogP contribution in [0, 0.1) is 6.92 Å². The zero-order valence-corrected chi connectivity index (χ0v) is 16.7. The summed E-state index contributed by atoms with van der Waals surface area (Å²) < 4.78 is 10.7. The average Bonchev–Trinajstić information content (AvgIpc) is 3.20. The molecule has 7 nitrogen and oxygen atoms in total. The second kappa shape index (κ2) is 8.94. The monoisotopic (exact) mass is 394 g/mol. The predicted octanol–water partition coefficient (Wildman–Crippen LogP) is 3.75. The fourth-order valence-corrected chi connectivity index (χ4v) is 3.58. The van der Waals surface area contributed by atoms with E-state index in [4.69, 9.17) is 9.47 Å². The van der Waals surface area contributed by atoms with Crippen molar-refractivity contribution >= 4 is 11.7 Å². The van der Waals surface area contributed by atoms with Crippen molar-refractivity contribution < 1.29 is 14.3 Å². The molecule has 2 heterocycles. The smallest absolute Gasteiger partial charge is 0.270 e. The summed E-state index contributed by atoms with van der Waals surface area (Å²) in [6.07, 6.45) is 8.33. The van der Waals surface area contributed by atoms with Gasteiger partial charge in [0.25, 0.3) is 5.91 Å². The molecule has 0 fully saturated rings. The molecule has 1 aliphatic heterocycles. The Kier molecular flexibility index (Phi) is 5.93. The second-order valence-electron chi connectivity index (χ2n) is 7.34. The lowest BCUT2D eigenvalue weighted by atomic mass is 9.97. The van der Waals surface area contributed by atoms with Crippen molar-refractivity contribution in [3.63, 3.8) is 0 Å². The number of aromatic nitrogens is 2. The lowest BCUT2D eigenvalue weighted by Gasteiger charge is -2.13. The van der Waals surface area contributed by atoms with Crippen LogP contribution in [0.1, 0.15) is 54.0 Å². The number of aryl methyl sites for hydroxylation is 1. The van der Waals surface area contributed by atoms with Gasteiger partial charge >= 0.3 is 0 Å². The molecule has 1 aromatic heterocycles. The number of nitrogens with one attached hydrogen (secondary N) is 2. The van der Waals surface area contributed by atoms with Crippen molar-refractivity contribution in [2.24, 2.45) is 0 Å². The van der Waals surface area contributed by atoms with Crippen molar-refractivity contribution in [2.45, 2.75) is 45.6 Å². The lowest BCUT2D eigenvalue weighted by molar-refractivity contribution is 0.0945. The first-order valence-electron chi connectivity index (χ1n) is 10.1. The van der Waals surface area contributed by atoms with Gasteiger partial charge in [0.15, 0.2) is 11.5 Å².